The number of pyridine rings is 1. The molecule has 0 saturated heterocycles. The summed E-state index contributed by atoms with van der Waals surface area (Å²) >= 11 is 1.57. The van der Waals surface area contributed by atoms with E-state index in [0.717, 1.165) is 21.5 Å². The molecule has 0 spiro atoms. The van der Waals surface area contributed by atoms with Gasteiger partial charge in [0, 0.05) is 47.6 Å². The number of nitrogens with one attached hydrogen (secondary N) is 3. The molecule has 0 fully saturated rings. The Morgan fingerprint density at radius 2 is 2.17 bits per heavy atom. The fourth-order valence-corrected chi connectivity index (χ4v) is 3.17. The fraction of sp³-hybridized carbons (Fsp3) is 0.235. The van der Waals surface area contributed by atoms with Crippen LogP contribution < -0.4 is 16.2 Å². The third-order valence-corrected chi connectivity index (χ3v) is 4.72. The molecule has 0 radical (unpaired) electrons. The van der Waals surface area contributed by atoms with Gasteiger partial charge in [0.1, 0.15) is 0 Å². The molecule has 2 amide bonds. The van der Waals surface area contributed by atoms with Gasteiger partial charge in [-0.2, -0.15) is 0 Å². The third kappa shape index (κ3) is 3.80. The predicted octanol–water partition coefficient (Wildman–Crippen LogP) is 2.59. The van der Waals surface area contributed by atoms with Crippen molar-refractivity contribution in [2.75, 3.05) is 6.54 Å². The molecule has 124 valence electrons. The molecular weight excluding hydrogens is 324 g/mol. The van der Waals surface area contributed by atoms with Crippen molar-refractivity contribution in [2.24, 2.45) is 0 Å². The van der Waals surface area contributed by atoms with Crippen LogP contribution in [0.3, 0.4) is 0 Å². The first kappa shape index (κ1) is 16.2. The van der Waals surface area contributed by atoms with Gasteiger partial charge < -0.3 is 15.6 Å². The minimum Gasteiger partial charge on any atom is -0.337 e. The summed E-state index contributed by atoms with van der Waals surface area (Å²) in [6, 6.07) is 8.78. The number of urea groups is 1. The highest BCUT2D eigenvalue weighted by atomic mass is 32.1. The van der Waals surface area contributed by atoms with Gasteiger partial charge in [-0.1, -0.05) is 25.1 Å². The van der Waals surface area contributed by atoms with E-state index in [1.54, 1.807) is 17.5 Å². The number of aromatic nitrogens is 2. The molecule has 3 aromatic rings. The van der Waals surface area contributed by atoms with Gasteiger partial charge in [0.25, 0.3) is 0 Å². The average Bonchev–Trinajstić information content (AvgIpc) is 3.12. The van der Waals surface area contributed by atoms with Crippen LogP contribution in [-0.4, -0.2) is 22.5 Å². The maximum Gasteiger partial charge on any atom is 0.315 e. The lowest BCUT2D eigenvalue weighted by molar-refractivity contribution is 0.240. The van der Waals surface area contributed by atoms with E-state index in [1.807, 2.05) is 36.6 Å². The Balaban J connectivity index is 1.59. The Kier molecular flexibility index (Phi) is 4.90. The number of benzene rings is 1. The number of hydrogen-bond donors (Lipinski definition) is 3. The standard InChI is InChI=1S/C17H18N4O2S/c1-11(16-18-6-7-24-16)9-19-17(23)20-10-12-8-15(22)21-14-5-3-2-4-13(12)14/h2-8,11H,9-10H2,1H3,(H,21,22)(H2,19,20,23)/t11-/m1/s1. The first-order valence-electron chi connectivity index (χ1n) is 7.65. The van der Waals surface area contributed by atoms with Crippen LogP contribution in [0.4, 0.5) is 4.79 Å². The summed E-state index contributed by atoms with van der Waals surface area (Å²) in [4.78, 5) is 30.7. The molecule has 0 aliphatic carbocycles. The third-order valence-electron chi connectivity index (χ3n) is 3.72. The minimum atomic E-state index is -0.261. The number of fused-ring (bicyclic) bond motifs is 1. The predicted molar refractivity (Wildman–Crippen MR) is 95.3 cm³/mol. The zero-order chi connectivity index (χ0) is 16.9. The van der Waals surface area contributed by atoms with Crippen molar-refractivity contribution in [1.29, 1.82) is 0 Å². The zero-order valence-electron chi connectivity index (χ0n) is 13.2. The van der Waals surface area contributed by atoms with E-state index in [4.69, 9.17) is 0 Å². The Morgan fingerprint density at radius 3 is 2.96 bits per heavy atom. The highest BCUT2D eigenvalue weighted by Gasteiger charge is 2.10. The van der Waals surface area contributed by atoms with E-state index < -0.39 is 0 Å². The van der Waals surface area contributed by atoms with Gasteiger partial charge in [0.05, 0.1) is 5.01 Å². The second-order valence-corrected chi connectivity index (χ2v) is 6.47. The van der Waals surface area contributed by atoms with Crippen molar-refractivity contribution in [3.05, 3.63) is 62.8 Å². The number of rotatable bonds is 5. The lowest BCUT2D eigenvalue weighted by Gasteiger charge is -2.12. The summed E-state index contributed by atoms with van der Waals surface area (Å²) in [5.41, 5.74) is 1.38. The van der Waals surface area contributed by atoms with Crippen LogP contribution in [0.5, 0.6) is 0 Å². The van der Waals surface area contributed by atoms with Crippen LogP contribution in [-0.2, 0) is 6.54 Å². The molecule has 0 bridgehead atoms. The van der Waals surface area contributed by atoms with Gasteiger partial charge >= 0.3 is 6.03 Å². The first-order chi connectivity index (χ1) is 11.6. The molecule has 0 saturated carbocycles. The highest BCUT2D eigenvalue weighted by molar-refractivity contribution is 7.09. The van der Waals surface area contributed by atoms with Crippen LogP contribution in [0.1, 0.15) is 23.4 Å². The number of nitrogens with zero attached hydrogens (tertiary/aromatic N) is 1. The SMILES string of the molecule is C[C@H](CNC(=O)NCc1cc(=O)[nH]c2ccccc12)c1nccs1. The number of thiazole rings is 1. The Bertz CT molecular complexity index is 889. The lowest BCUT2D eigenvalue weighted by Crippen LogP contribution is -2.37. The smallest absolute Gasteiger partial charge is 0.315 e. The van der Waals surface area contributed by atoms with Gasteiger partial charge in [0.15, 0.2) is 0 Å². The number of carbonyl (C=O) groups is 1. The van der Waals surface area contributed by atoms with Crippen LogP contribution in [0.15, 0.2) is 46.7 Å². The van der Waals surface area contributed by atoms with Crippen molar-refractivity contribution < 1.29 is 4.79 Å². The summed E-state index contributed by atoms with van der Waals surface area (Å²) in [5.74, 6) is 0.163. The second kappa shape index (κ2) is 7.27. The van der Waals surface area contributed by atoms with Crippen molar-refractivity contribution in [3.63, 3.8) is 0 Å². The quantitative estimate of drug-likeness (QED) is 0.666. The first-order valence-corrected chi connectivity index (χ1v) is 8.53. The number of amides is 2. The monoisotopic (exact) mass is 342 g/mol. The van der Waals surface area contributed by atoms with Crippen LogP contribution in [0, 0.1) is 0 Å². The molecule has 3 rings (SSSR count). The average molecular weight is 342 g/mol. The van der Waals surface area contributed by atoms with E-state index in [1.165, 1.54) is 6.07 Å². The van der Waals surface area contributed by atoms with Gasteiger partial charge in [-0.25, -0.2) is 9.78 Å². The number of H-pyrrole nitrogens is 1. The summed E-state index contributed by atoms with van der Waals surface area (Å²) in [5, 5.41) is 9.47. The Morgan fingerprint density at radius 1 is 1.33 bits per heavy atom. The number of para-hydroxylation sites is 1. The van der Waals surface area contributed by atoms with Crippen molar-refractivity contribution >= 4 is 28.3 Å². The summed E-state index contributed by atoms with van der Waals surface area (Å²) in [7, 11) is 0. The molecule has 0 aliphatic heterocycles. The fourth-order valence-electron chi connectivity index (χ4n) is 2.47. The Labute approximate surface area is 142 Å². The van der Waals surface area contributed by atoms with Crippen LogP contribution >= 0.6 is 11.3 Å². The molecule has 2 heterocycles. The number of carbonyl (C=O) groups excluding carboxylic acids is 1. The van der Waals surface area contributed by atoms with Crippen molar-refractivity contribution in [1.82, 2.24) is 20.6 Å². The molecule has 0 unspecified atom stereocenters. The van der Waals surface area contributed by atoms with Gasteiger partial charge in [-0.05, 0) is 11.6 Å². The molecule has 3 N–H and O–H groups in total. The minimum absolute atomic E-state index is 0.163. The Hall–Kier alpha value is -2.67. The largest absolute Gasteiger partial charge is 0.337 e. The van der Waals surface area contributed by atoms with Crippen LogP contribution in [0.25, 0.3) is 10.9 Å². The topological polar surface area (TPSA) is 86.9 Å². The summed E-state index contributed by atoms with van der Waals surface area (Å²) in [6.07, 6.45) is 1.76. The van der Waals surface area contributed by atoms with Gasteiger partial charge in [-0.15, -0.1) is 11.3 Å². The van der Waals surface area contributed by atoms with E-state index in [2.05, 4.69) is 20.6 Å². The maximum absolute atomic E-state index is 12.0. The van der Waals surface area contributed by atoms with E-state index in [-0.39, 0.29) is 17.5 Å². The van der Waals surface area contributed by atoms with E-state index >= 15 is 0 Å². The zero-order valence-corrected chi connectivity index (χ0v) is 14.0. The second-order valence-electron chi connectivity index (χ2n) is 5.54. The molecule has 1 atom stereocenters. The molecule has 24 heavy (non-hydrogen) atoms. The maximum atomic E-state index is 12.0. The van der Waals surface area contributed by atoms with Gasteiger partial charge in [-0.3, -0.25) is 4.79 Å². The molecule has 6 nitrogen and oxygen atoms in total. The molecular formula is C17H18N4O2S. The van der Waals surface area contributed by atoms with Crippen molar-refractivity contribution in [2.45, 2.75) is 19.4 Å². The number of aromatic amines is 1. The van der Waals surface area contributed by atoms with Crippen molar-refractivity contribution in [3.8, 4) is 0 Å². The summed E-state index contributed by atoms with van der Waals surface area (Å²) in [6.45, 7) is 2.82. The number of hydrogen-bond acceptors (Lipinski definition) is 4. The summed E-state index contributed by atoms with van der Waals surface area (Å²) < 4.78 is 0. The van der Waals surface area contributed by atoms with Crippen LogP contribution in [0.2, 0.25) is 0 Å². The van der Waals surface area contributed by atoms with Gasteiger partial charge in [0.2, 0.25) is 5.56 Å². The van der Waals surface area contributed by atoms with E-state index in [0.29, 0.717) is 13.1 Å². The molecule has 0 aliphatic rings. The van der Waals surface area contributed by atoms with E-state index in [9.17, 15) is 9.59 Å². The lowest BCUT2D eigenvalue weighted by atomic mass is 10.1. The normalized spacial score (nSPS) is 12.0. The molecule has 2 aromatic heterocycles. The highest BCUT2D eigenvalue weighted by Crippen LogP contribution is 2.16. The molecule has 7 heteroatoms. The molecule has 1 aromatic carbocycles.